The zero-order valence-electron chi connectivity index (χ0n) is 11.8. The Morgan fingerprint density at radius 2 is 2.00 bits per heavy atom. The third kappa shape index (κ3) is 5.57. The molecule has 112 valence electrons. The summed E-state index contributed by atoms with van der Waals surface area (Å²) in [6.45, 7) is 0.260. The van der Waals surface area contributed by atoms with E-state index in [9.17, 15) is 9.18 Å². The van der Waals surface area contributed by atoms with E-state index in [0.717, 1.165) is 24.1 Å². The summed E-state index contributed by atoms with van der Waals surface area (Å²) in [6, 6.07) is 7.77. The number of benzene rings is 1. The van der Waals surface area contributed by atoms with Crippen LogP contribution in [0.4, 0.5) is 10.1 Å². The number of aryl methyl sites for hydroxylation is 1. The molecule has 20 heavy (non-hydrogen) atoms. The Morgan fingerprint density at radius 1 is 1.30 bits per heavy atom. The van der Waals surface area contributed by atoms with Crippen molar-refractivity contribution in [2.45, 2.75) is 19.3 Å². The molecule has 0 atom stereocenters. The fourth-order valence-electron chi connectivity index (χ4n) is 2.01. The highest BCUT2D eigenvalue weighted by Crippen LogP contribution is 2.16. The van der Waals surface area contributed by atoms with Gasteiger partial charge in [-0.3, -0.25) is 4.79 Å². The van der Waals surface area contributed by atoms with Crippen molar-refractivity contribution in [2.24, 2.45) is 0 Å². The molecule has 5 heteroatoms. The summed E-state index contributed by atoms with van der Waals surface area (Å²) in [7, 11) is 1.39. The van der Waals surface area contributed by atoms with Gasteiger partial charge in [0, 0.05) is 25.2 Å². The molecule has 0 fully saturated rings. The Labute approximate surface area is 119 Å². The zero-order chi connectivity index (χ0) is 14.8. The Hall–Kier alpha value is -1.62. The van der Waals surface area contributed by atoms with Gasteiger partial charge in [-0.05, 0) is 30.5 Å². The van der Waals surface area contributed by atoms with Gasteiger partial charge in [0.2, 0.25) is 0 Å². The van der Waals surface area contributed by atoms with Crippen LogP contribution in [0.2, 0.25) is 0 Å². The zero-order valence-corrected chi connectivity index (χ0v) is 11.8. The third-order valence-corrected chi connectivity index (χ3v) is 3.10. The molecule has 0 radical (unpaired) electrons. The van der Waals surface area contributed by atoms with E-state index in [4.69, 9.17) is 5.11 Å². The minimum Gasteiger partial charge on any atom is -0.469 e. The lowest BCUT2D eigenvalue weighted by Gasteiger charge is -2.22. The van der Waals surface area contributed by atoms with Crippen LogP contribution in [-0.4, -0.2) is 44.6 Å². The largest absolute Gasteiger partial charge is 0.469 e. The van der Waals surface area contributed by atoms with Crippen LogP contribution in [0.1, 0.15) is 18.4 Å². The van der Waals surface area contributed by atoms with E-state index in [2.05, 4.69) is 4.74 Å². The van der Waals surface area contributed by atoms with E-state index < -0.39 is 6.67 Å². The van der Waals surface area contributed by atoms with E-state index in [1.54, 1.807) is 4.90 Å². The lowest BCUT2D eigenvalue weighted by atomic mass is 10.1. The fourth-order valence-corrected chi connectivity index (χ4v) is 2.01. The van der Waals surface area contributed by atoms with E-state index >= 15 is 0 Å². The van der Waals surface area contributed by atoms with Crippen molar-refractivity contribution in [3.05, 3.63) is 29.8 Å². The Balaban J connectivity index is 2.51. The summed E-state index contributed by atoms with van der Waals surface area (Å²) < 4.78 is 17.0. The van der Waals surface area contributed by atoms with Gasteiger partial charge in [0.25, 0.3) is 0 Å². The number of nitrogens with zero attached hydrogens (tertiary/aromatic N) is 1. The average molecular weight is 283 g/mol. The van der Waals surface area contributed by atoms with Crippen LogP contribution in [-0.2, 0) is 16.0 Å². The number of anilines is 1. The van der Waals surface area contributed by atoms with Gasteiger partial charge in [-0.15, -0.1) is 0 Å². The van der Waals surface area contributed by atoms with Gasteiger partial charge in [0.1, 0.15) is 6.67 Å². The molecule has 1 aromatic rings. The third-order valence-electron chi connectivity index (χ3n) is 3.10. The highest BCUT2D eigenvalue weighted by Gasteiger charge is 2.06. The number of esters is 1. The summed E-state index contributed by atoms with van der Waals surface area (Å²) in [4.78, 5) is 12.8. The van der Waals surface area contributed by atoms with Crippen LogP contribution in [0.15, 0.2) is 24.3 Å². The van der Waals surface area contributed by atoms with Crippen molar-refractivity contribution in [3.63, 3.8) is 0 Å². The van der Waals surface area contributed by atoms with E-state index in [1.807, 2.05) is 24.3 Å². The molecule has 0 saturated carbocycles. The van der Waals surface area contributed by atoms with E-state index in [0.29, 0.717) is 13.0 Å². The number of alkyl halides is 1. The first-order valence-corrected chi connectivity index (χ1v) is 6.78. The molecule has 0 aromatic heterocycles. The maximum atomic E-state index is 12.4. The summed E-state index contributed by atoms with van der Waals surface area (Å²) in [5.41, 5.74) is 2.02. The highest BCUT2D eigenvalue weighted by molar-refractivity contribution is 5.69. The molecular formula is C15H22FNO3. The topological polar surface area (TPSA) is 49.8 Å². The molecule has 0 saturated heterocycles. The lowest BCUT2D eigenvalue weighted by Crippen LogP contribution is -2.28. The summed E-state index contributed by atoms with van der Waals surface area (Å²) >= 11 is 0. The smallest absolute Gasteiger partial charge is 0.305 e. The van der Waals surface area contributed by atoms with Crippen LogP contribution in [0, 0.1) is 0 Å². The molecule has 1 aromatic carbocycles. The van der Waals surface area contributed by atoms with Crippen molar-refractivity contribution in [3.8, 4) is 0 Å². The molecule has 0 aliphatic rings. The molecule has 4 nitrogen and oxygen atoms in total. The van der Waals surface area contributed by atoms with E-state index in [-0.39, 0.29) is 19.1 Å². The number of halogens is 1. The van der Waals surface area contributed by atoms with E-state index in [1.165, 1.54) is 7.11 Å². The molecule has 0 bridgehead atoms. The van der Waals surface area contributed by atoms with Gasteiger partial charge >= 0.3 is 5.97 Å². The molecule has 1 rings (SSSR count). The quantitative estimate of drug-likeness (QED) is 0.704. The molecule has 0 aliphatic carbocycles. The molecule has 0 heterocycles. The van der Waals surface area contributed by atoms with Gasteiger partial charge in [-0.2, -0.15) is 0 Å². The summed E-state index contributed by atoms with van der Waals surface area (Å²) in [5.74, 6) is -0.196. The number of hydrogen-bond acceptors (Lipinski definition) is 4. The minimum atomic E-state index is -0.444. The maximum absolute atomic E-state index is 12.4. The van der Waals surface area contributed by atoms with Crippen LogP contribution in [0.3, 0.4) is 0 Å². The SMILES string of the molecule is COC(=O)CCCc1ccc(N(CCO)CCF)cc1. The number of carbonyl (C=O) groups excluding carboxylic acids is 1. The number of aliphatic hydroxyl groups excluding tert-OH is 1. The molecule has 1 N–H and O–H groups in total. The number of ether oxygens (including phenoxy) is 1. The lowest BCUT2D eigenvalue weighted by molar-refractivity contribution is -0.140. The van der Waals surface area contributed by atoms with Gasteiger partial charge in [0.15, 0.2) is 0 Å². The van der Waals surface area contributed by atoms with Crippen molar-refractivity contribution in [2.75, 3.05) is 38.4 Å². The Bertz CT molecular complexity index is 389. The minimum absolute atomic E-state index is 0.000874. The number of aliphatic hydroxyl groups is 1. The number of methoxy groups -OCH3 is 1. The number of hydrogen-bond donors (Lipinski definition) is 1. The van der Waals surface area contributed by atoms with Crippen LogP contribution < -0.4 is 4.90 Å². The van der Waals surface area contributed by atoms with Crippen molar-refractivity contribution < 1.29 is 19.0 Å². The predicted octanol–water partition coefficient (Wildman–Crippen LogP) is 1.95. The molecule has 0 amide bonds. The van der Waals surface area contributed by atoms with Gasteiger partial charge in [-0.1, -0.05) is 12.1 Å². The van der Waals surface area contributed by atoms with Gasteiger partial charge in [0.05, 0.1) is 13.7 Å². The first kappa shape index (κ1) is 16.4. The molecular weight excluding hydrogens is 261 g/mol. The first-order chi connectivity index (χ1) is 9.71. The Kier molecular flexibility index (Phi) is 7.65. The summed E-state index contributed by atoms with van der Waals surface area (Å²) in [5, 5.41) is 8.96. The monoisotopic (exact) mass is 283 g/mol. The second kappa shape index (κ2) is 9.31. The second-order valence-electron chi connectivity index (χ2n) is 4.50. The van der Waals surface area contributed by atoms with Crippen LogP contribution in [0.25, 0.3) is 0 Å². The molecule has 0 spiro atoms. The number of carbonyl (C=O) groups is 1. The van der Waals surface area contributed by atoms with Crippen molar-refractivity contribution in [1.29, 1.82) is 0 Å². The summed E-state index contributed by atoms with van der Waals surface area (Å²) in [6.07, 6.45) is 1.96. The standard InChI is InChI=1S/C15H22FNO3/c1-20-15(19)4-2-3-13-5-7-14(8-6-13)17(10-9-16)11-12-18/h5-8,18H,2-4,9-12H2,1H3. The van der Waals surface area contributed by atoms with Gasteiger partial charge in [-0.25, -0.2) is 4.39 Å². The van der Waals surface area contributed by atoms with Crippen LogP contribution in [0.5, 0.6) is 0 Å². The first-order valence-electron chi connectivity index (χ1n) is 6.78. The molecule has 0 aliphatic heterocycles. The number of rotatable bonds is 9. The molecule has 0 unspecified atom stereocenters. The second-order valence-corrected chi connectivity index (χ2v) is 4.50. The van der Waals surface area contributed by atoms with Crippen molar-refractivity contribution in [1.82, 2.24) is 0 Å². The van der Waals surface area contributed by atoms with Crippen LogP contribution >= 0.6 is 0 Å². The highest BCUT2D eigenvalue weighted by atomic mass is 19.1. The predicted molar refractivity (Wildman–Crippen MR) is 76.7 cm³/mol. The average Bonchev–Trinajstić information content (AvgIpc) is 2.47. The Morgan fingerprint density at radius 3 is 2.55 bits per heavy atom. The maximum Gasteiger partial charge on any atom is 0.305 e. The van der Waals surface area contributed by atoms with Crippen molar-refractivity contribution >= 4 is 11.7 Å². The normalized spacial score (nSPS) is 10.3. The fraction of sp³-hybridized carbons (Fsp3) is 0.533. The van der Waals surface area contributed by atoms with Gasteiger partial charge < -0.3 is 14.7 Å².